The standard InChI is InChI=1S/C10H8S/c1-3-9(2)11-10-7-5-4-6-8-10/h1,4-8H,2H2. The van der Waals surface area contributed by atoms with Gasteiger partial charge in [-0.3, -0.25) is 0 Å². The summed E-state index contributed by atoms with van der Waals surface area (Å²) >= 11 is 1.51. The van der Waals surface area contributed by atoms with Crippen LogP contribution in [0, 0.1) is 12.3 Å². The normalized spacial score (nSPS) is 8.64. The van der Waals surface area contributed by atoms with Gasteiger partial charge in [0.15, 0.2) is 0 Å². The summed E-state index contributed by atoms with van der Waals surface area (Å²) in [6.45, 7) is 3.70. The second-order valence-electron chi connectivity index (χ2n) is 1.98. The van der Waals surface area contributed by atoms with Crippen LogP contribution in [0.15, 0.2) is 46.7 Å². The van der Waals surface area contributed by atoms with E-state index in [9.17, 15) is 0 Å². The van der Waals surface area contributed by atoms with Gasteiger partial charge in [0.25, 0.3) is 0 Å². The van der Waals surface area contributed by atoms with Crippen LogP contribution in [0.1, 0.15) is 0 Å². The molecule has 0 saturated carbocycles. The van der Waals surface area contributed by atoms with E-state index in [0.717, 1.165) is 9.80 Å². The Morgan fingerprint density at radius 1 is 1.36 bits per heavy atom. The van der Waals surface area contributed by atoms with E-state index in [1.165, 1.54) is 11.8 Å². The molecule has 0 aliphatic heterocycles. The second-order valence-corrected chi connectivity index (χ2v) is 3.15. The van der Waals surface area contributed by atoms with Crippen molar-refractivity contribution in [2.24, 2.45) is 0 Å². The van der Waals surface area contributed by atoms with Gasteiger partial charge >= 0.3 is 0 Å². The molecule has 0 N–H and O–H groups in total. The fraction of sp³-hybridized carbons (Fsp3) is 0. The monoisotopic (exact) mass is 160 g/mol. The molecule has 0 saturated heterocycles. The summed E-state index contributed by atoms with van der Waals surface area (Å²) in [4.78, 5) is 1.88. The molecule has 0 aliphatic rings. The summed E-state index contributed by atoms with van der Waals surface area (Å²) in [5.41, 5.74) is 0. The Morgan fingerprint density at radius 2 is 2.00 bits per heavy atom. The molecule has 1 aromatic rings. The summed E-state index contributed by atoms with van der Waals surface area (Å²) < 4.78 is 0. The molecule has 54 valence electrons. The van der Waals surface area contributed by atoms with E-state index in [2.05, 4.69) is 12.5 Å². The molecule has 0 amide bonds. The maximum Gasteiger partial charge on any atom is 0.0547 e. The van der Waals surface area contributed by atoms with Crippen molar-refractivity contribution >= 4 is 11.8 Å². The quantitative estimate of drug-likeness (QED) is 0.473. The number of terminal acetylenes is 1. The molecule has 0 fully saturated rings. The van der Waals surface area contributed by atoms with Gasteiger partial charge in [0, 0.05) is 4.90 Å². The highest BCUT2D eigenvalue weighted by molar-refractivity contribution is 8.03. The van der Waals surface area contributed by atoms with Crippen LogP contribution < -0.4 is 0 Å². The zero-order valence-corrected chi connectivity index (χ0v) is 6.90. The average molecular weight is 160 g/mol. The Kier molecular flexibility index (Phi) is 2.83. The number of hydrogen-bond acceptors (Lipinski definition) is 1. The maximum absolute atomic E-state index is 5.15. The minimum atomic E-state index is 0.746. The van der Waals surface area contributed by atoms with Crippen molar-refractivity contribution in [1.29, 1.82) is 0 Å². The Labute approximate surface area is 71.3 Å². The first-order chi connectivity index (χ1) is 5.33. The van der Waals surface area contributed by atoms with Crippen molar-refractivity contribution in [3.63, 3.8) is 0 Å². The van der Waals surface area contributed by atoms with Gasteiger partial charge in [-0.2, -0.15) is 0 Å². The van der Waals surface area contributed by atoms with E-state index in [1.54, 1.807) is 0 Å². The number of thioether (sulfide) groups is 1. The number of rotatable bonds is 2. The van der Waals surface area contributed by atoms with Gasteiger partial charge < -0.3 is 0 Å². The summed E-state index contributed by atoms with van der Waals surface area (Å²) in [5.74, 6) is 2.48. The largest absolute Gasteiger partial charge is 0.114 e. The first-order valence-corrected chi connectivity index (χ1v) is 4.03. The molecule has 11 heavy (non-hydrogen) atoms. The van der Waals surface area contributed by atoms with Crippen molar-refractivity contribution in [3.05, 3.63) is 41.8 Å². The van der Waals surface area contributed by atoms with Gasteiger partial charge in [-0.15, -0.1) is 6.42 Å². The van der Waals surface area contributed by atoms with E-state index < -0.39 is 0 Å². The first-order valence-electron chi connectivity index (χ1n) is 3.21. The summed E-state index contributed by atoms with van der Waals surface area (Å²) in [6.07, 6.45) is 5.15. The topological polar surface area (TPSA) is 0 Å². The molecular formula is C10H8S. The summed E-state index contributed by atoms with van der Waals surface area (Å²) in [6, 6.07) is 9.95. The summed E-state index contributed by atoms with van der Waals surface area (Å²) in [7, 11) is 0. The molecule has 0 unspecified atom stereocenters. The van der Waals surface area contributed by atoms with Crippen LogP contribution in [0.2, 0.25) is 0 Å². The Hall–Kier alpha value is -1.13. The predicted molar refractivity (Wildman–Crippen MR) is 50.3 cm³/mol. The van der Waals surface area contributed by atoms with Crippen LogP contribution in [0.25, 0.3) is 0 Å². The van der Waals surface area contributed by atoms with Crippen LogP contribution in [0.4, 0.5) is 0 Å². The zero-order chi connectivity index (χ0) is 8.10. The fourth-order valence-corrected chi connectivity index (χ4v) is 1.30. The highest BCUT2D eigenvalue weighted by Gasteiger charge is 1.91. The van der Waals surface area contributed by atoms with E-state index in [0.29, 0.717) is 0 Å². The smallest absolute Gasteiger partial charge is 0.0547 e. The minimum absolute atomic E-state index is 0.746. The lowest BCUT2D eigenvalue weighted by atomic mass is 10.4. The zero-order valence-electron chi connectivity index (χ0n) is 6.08. The van der Waals surface area contributed by atoms with Crippen LogP contribution in [-0.4, -0.2) is 0 Å². The van der Waals surface area contributed by atoms with Crippen molar-refractivity contribution in [1.82, 2.24) is 0 Å². The molecule has 0 spiro atoms. The number of hydrogen-bond donors (Lipinski definition) is 0. The van der Waals surface area contributed by atoms with Crippen LogP contribution in [0.3, 0.4) is 0 Å². The third kappa shape index (κ3) is 2.53. The van der Waals surface area contributed by atoms with Gasteiger partial charge in [0.1, 0.15) is 0 Å². The highest BCUT2D eigenvalue weighted by Crippen LogP contribution is 2.23. The van der Waals surface area contributed by atoms with Gasteiger partial charge in [-0.05, 0) is 12.1 Å². The molecule has 0 bridgehead atoms. The van der Waals surface area contributed by atoms with Gasteiger partial charge in [-0.1, -0.05) is 42.5 Å². The molecule has 1 rings (SSSR count). The van der Waals surface area contributed by atoms with E-state index >= 15 is 0 Å². The van der Waals surface area contributed by atoms with Crippen LogP contribution >= 0.6 is 11.8 Å². The second kappa shape index (κ2) is 3.90. The van der Waals surface area contributed by atoms with Gasteiger partial charge in [0.2, 0.25) is 0 Å². The highest BCUT2D eigenvalue weighted by atomic mass is 32.2. The predicted octanol–water partition coefficient (Wildman–Crippen LogP) is 2.93. The lowest BCUT2D eigenvalue weighted by Crippen LogP contribution is -1.69. The van der Waals surface area contributed by atoms with E-state index in [4.69, 9.17) is 6.42 Å². The lowest BCUT2D eigenvalue weighted by molar-refractivity contribution is 1.47. The Bertz CT molecular complexity index is 279. The number of benzene rings is 1. The Balaban J connectivity index is 2.67. The van der Waals surface area contributed by atoms with Crippen molar-refractivity contribution < 1.29 is 0 Å². The fourth-order valence-electron chi connectivity index (χ4n) is 0.660. The molecule has 0 radical (unpaired) electrons. The molecule has 1 aromatic carbocycles. The molecule has 0 aromatic heterocycles. The first kappa shape index (κ1) is 7.97. The third-order valence-corrected chi connectivity index (χ3v) is 2.02. The van der Waals surface area contributed by atoms with E-state index in [1.807, 2.05) is 30.3 Å². The van der Waals surface area contributed by atoms with Crippen molar-refractivity contribution in [2.45, 2.75) is 4.90 Å². The van der Waals surface area contributed by atoms with Gasteiger partial charge in [-0.25, -0.2) is 0 Å². The van der Waals surface area contributed by atoms with Crippen LogP contribution in [0.5, 0.6) is 0 Å². The molecule has 1 heteroatoms. The Morgan fingerprint density at radius 3 is 2.55 bits per heavy atom. The van der Waals surface area contributed by atoms with Crippen LogP contribution in [-0.2, 0) is 0 Å². The van der Waals surface area contributed by atoms with E-state index in [-0.39, 0.29) is 0 Å². The number of allylic oxidation sites excluding steroid dienone is 1. The van der Waals surface area contributed by atoms with Crippen molar-refractivity contribution in [3.8, 4) is 12.3 Å². The molecule has 0 nitrogen and oxygen atoms in total. The lowest BCUT2D eigenvalue weighted by Gasteiger charge is -1.96. The molecule has 0 aliphatic carbocycles. The SMILES string of the molecule is C#CC(=C)Sc1ccccc1. The molecule has 0 atom stereocenters. The molecule has 0 heterocycles. The third-order valence-electron chi connectivity index (χ3n) is 1.15. The maximum atomic E-state index is 5.15. The minimum Gasteiger partial charge on any atom is -0.114 e. The average Bonchev–Trinajstić information content (AvgIpc) is 2.06. The van der Waals surface area contributed by atoms with Gasteiger partial charge in [0.05, 0.1) is 4.91 Å². The summed E-state index contributed by atoms with van der Waals surface area (Å²) in [5, 5.41) is 0. The van der Waals surface area contributed by atoms with Crippen molar-refractivity contribution in [2.75, 3.05) is 0 Å². The molecular weight excluding hydrogens is 152 g/mol.